The first kappa shape index (κ1) is 11.5. The molecule has 84 valence electrons. The van der Waals surface area contributed by atoms with Gasteiger partial charge in [0.05, 0.1) is 6.07 Å². The van der Waals surface area contributed by atoms with Crippen molar-refractivity contribution < 1.29 is 9.18 Å². The van der Waals surface area contributed by atoms with Crippen molar-refractivity contribution in [1.29, 1.82) is 5.26 Å². The van der Waals surface area contributed by atoms with Crippen molar-refractivity contribution in [3.63, 3.8) is 0 Å². The number of rotatable bonds is 3. The van der Waals surface area contributed by atoms with Gasteiger partial charge in [0.1, 0.15) is 11.7 Å². The average Bonchev–Trinajstić information content (AvgIpc) is 2.83. The molecule has 4 heteroatoms. The monoisotopic (exact) mass is 245 g/mol. The molecule has 0 N–H and O–H groups in total. The minimum atomic E-state index is -0.850. The Morgan fingerprint density at radius 2 is 2.18 bits per heavy atom. The predicted molar refractivity (Wildman–Crippen MR) is 63.4 cm³/mol. The molecule has 0 aliphatic heterocycles. The Labute approximate surface area is 102 Å². The van der Waals surface area contributed by atoms with E-state index in [0.29, 0.717) is 4.88 Å². The lowest BCUT2D eigenvalue weighted by atomic mass is 9.97. The second-order valence-corrected chi connectivity index (χ2v) is 4.43. The highest BCUT2D eigenvalue weighted by Crippen LogP contribution is 2.24. The van der Waals surface area contributed by atoms with E-state index in [1.54, 1.807) is 17.5 Å². The summed E-state index contributed by atoms with van der Waals surface area (Å²) in [6, 6.07) is 10.9. The summed E-state index contributed by atoms with van der Waals surface area (Å²) in [6.07, 6.45) is 0. The first-order valence-electron chi connectivity index (χ1n) is 4.95. The number of nitrogens with zero attached hydrogens (tertiary/aromatic N) is 1. The van der Waals surface area contributed by atoms with Gasteiger partial charge in [-0.2, -0.15) is 5.26 Å². The van der Waals surface area contributed by atoms with E-state index in [4.69, 9.17) is 5.26 Å². The highest BCUT2D eigenvalue weighted by molar-refractivity contribution is 7.10. The molecule has 0 spiro atoms. The fraction of sp³-hybridized carbons (Fsp3) is 0.0769. The summed E-state index contributed by atoms with van der Waals surface area (Å²) in [5.74, 6) is -1.69. The number of ketones is 1. The number of hydrogen-bond donors (Lipinski definition) is 0. The molecule has 0 fully saturated rings. The van der Waals surface area contributed by atoms with Crippen LogP contribution in [0.5, 0.6) is 0 Å². The maximum Gasteiger partial charge on any atom is 0.185 e. The predicted octanol–water partition coefficient (Wildman–Crippen LogP) is 3.38. The summed E-state index contributed by atoms with van der Waals surface area (Å²) in [5.41, 5.74) is 0.227. The zero-order chi connectivity index (χ0) is 12.3. The number of hydrogen-bond acceptors (Lipinski definition) is 3. The SMILES string of the molecule is N#CC(C(=O)c1cccc(F)c1)c1cccs1. The van der Waals surface area contributed by atoms with Crippen LogP contribution in [0, 0.1) is 17.1 Å². The molecular weight excluding hydrogens is 237 g/mol. The Morgan fingerprint density at radius 3 is 2.76 bits per heavy atom. The van der Waals surface area contributed by atoms with Gasteiger partial charge in [0, 0.05) is 10.4 Å². The molecule has 1 heterocycles. The second kappa shape index (κ2) is 4.89. The first-order valence-corrected chi connectivity index (χ1v) is 5.83. The average molecular weight is 245 g/mol. The third-order valence-corrected chi connectivity index (χ3v) is 3.27. The fourth-order valence-corrected chi connectivity index (χ4v) is 2.28. The van der Waals surface area contributed by atoms with Crippen molar-refractivity contribution in [3.05, 3.63) is 58.0 Å². The number of carbonyl (C=O) groups is 1. The Hall–Kier alpha value is -1.99. The summed E-state index contributed by atoms with van der Waals surface area (Å²) < 4.78 is 13.0. The van der Waals surface area contributed by atoms with Gasteiger partial charge in [0.2, 0.25) is 0 Å². The third kappa shape index (κ3) is 2.40. The van der Waals surface area contributed by atoms with E-state index in [0.717, 1.165) is 6.07 Å². The van der Waals surface area contributed by atoms with Crippen LogP contribution in [-0.4, -0.2) is 5.78 Å². The number of Topliss-reactive ketones (excluding diaryl/α,β-unsaturated/α-hetero) is 1. The van der Waals surface area contributed by atoms with Crippen molar-refractivity contribution in [2.24, 2.45) is 0 Å². The zero-order valence-corrected chi connectivity index (χ0v) is 9.58. The molecule has 1 atom stereocenters. The van der Waals surface area contributed by atoms with E-state index >= 15 is 0 Å². The Balaban J connectivity index is 2.34. The highest BCUT2D eigenvalue weighted by Gasteiger charge is 2.22. The first-order chi connectivity index (χ1) is 8.22. The van der Waals surface area contributed by atoms with Crippen molar-refractivity contribution in [3.8, 4) is 6.07 Å². The van der Waals surface area contributed by atoms with Crippen LogP contribution in [0.1, 0.15) is 21.2 Å². The molecule has 1 aromatic heterocycles. The molecule has 0 radical (unpaired) electrons. The van der Waals surface area contributed by atoms with Crippen LogP contribution in [-0.2, 0) is 0 Å². The maximum absolute atomic E-state index is 13.0. The van der Waals surface area contributed by atoms with Crippen LogP contribution in [0.15, 0.2) is 41.8 Å². The molecule has 0 amide bonds. The van der Waals surface area contributed by atoms with Gasteiger partial charge in [-0.3, -0.25) is 4.79 Å². The summed E-state index contributed by atoms with van der Waals surface area (Å²) in [4.78, 5) is 12.7. The quantitative estimate of drug-likeness (QED) is 0.778. The molecule has 0 aliphatic carbocycles. The van der Waals surface area contributed by atoms with Gasteiger partial charge < -0.3 is 0 Å². The van der Waals surface area contributed by atoms with E-state index in [1.165, 1.54) is 29.5 Å². The molecular formula is C13H8FNOS. The van der Waals surface area contributed by atoms with Crippen LogP contribution >= 0.6 is 11.3 Å². The molecule has 0 aliphatic rings. The molecule has 2 aromatic rings. The van der Waals surface area contributed by atoms with Gasteiger partial charge in [-0.15, -0.1) is 11.3 Å². The summed E-state index contributed by atoms with van der Waals surface area (Å²) >= 11 is 1.35. The molecule has 0 saturated carbocycles. The number of nitriles is 1. The lowest BCUT2D eigenvalue weighted by molar-refractivity contribution is 0.0979. The molecule has 2 nitrogen and oxygen atoms in total. The van der Waals surface area contributed by atoms with E-state index < -0.39 is 11.7 Å². The van der Waals surface area contributed by atoms with E-state index in [-0.39, 0.29) is 11.3 Å². The third-order valence-electron chi connectivity index (χ3n) is 2.33. The van der Waals surface area contributed by atoms with Crippen LogP contribution in [0.2, 0.25) is 0 Å². The van der Waals surface area contributed by atoms with Crippen LogP contribution in [0.4, 0.5) is 4.39 Å². The summed E-state index contributed by atoms with van der Waals surface area (Å²) in [5, 5.41) is 10.8. The summed E-state index contributed by atoms with van der Waals surface area (Å²) in [6.45, 7) is 0. The van der Waals surface area contributed by atoms with Crippen molar-refractivity contribution in [2.45, 2.75) is 5.92 Å². The number of halogens is 1. The molecule has 1 aromatic carbocycles. The largest absolute Gasteiger partial charge is 0.292 e. The molecule has 1 unspecified atom stereocenters. The lowest BCUT2D eigenvalue weighted by Gasteiger charge is -2.05. The Kier molecular flexibility index (Phi) is 3.31. The maximum atomic E-state index is 13.0. The van der Waals surface area contributed by atoms with E-state index in [2.05, 4.69) is 0 Å². The number of benzene rings is 1. The van der Waals surface area contributed by atoms with E-state index in [9.17, 15) is 9.18 Å². The van der Waals surface area contributed by atoms with Gasteiger partial charge in [-0.25, -0.2) is 4.39 Å². The van der Waals surface area contributed by atoms with Crippen molar-refractivity contribution in [1.82, 2.24) is 0 Å². The topological polar surface area (TPSA) is 40.9 Å². The smallest absolute Gasteiger partial charge is 0.185 e. The standard InChI is InChI=1S/C13H8FNOS/c14-10-4-1-3-9(7-10)13(16)11(8-15)12-5-2-6-17-12/h1-7,11H. The van der Waals surface area contributed by atoms with Crippen LogP contribution in [0.25, 0.3) is 0 Å². The van der Waals surface area contributed by atoms with E-state index in [1.807, 2.05) is 6.07 Å². The Morgan fingerprint density at radius 1 is 1.35 bits per heavy atom. The van der Waals surface area contributed by atoms with Gasteiger partial charge in [-0.1, -0.05) is 18.2 Å². The van der Waals surface area contributed by atoms with Crippen LogP contribution in [0.3, 0.4) is 0 Å². The zero-order valence-electron chi connectivity index (χ0n) is 8.76. The molecule has 17 heavy (non-hydrogen) atoms. The molecule has 0 bridgehead atoms. The van der Waals surface area contributed by atoms with Gasteiger partial charge in [0.15, 0.2) is 5.78 Å². The fourth-order valence-electron chi connectivity index (χ4n) is 1.52. The van der Waals surface area contributed by atoms with Crippen molar-refractivity contribution >= 4 is 17.1 Å². The second-order valence-electron chi connectivity index (χ2n) is 3.45. The summed E-state index contributed by atoms with van der Waals surface area (Å²) in [7, 11) is 0. The van der Waals surface area contributed by atoms with Gasteiger partial charge >= 0.3 is 0 Å². The lowest BCUT2D eigenvalue weighted by Crippen LogP contribution is -2.10. The Bertz CT molecular complexity index is 571. The highest BCUT2D eigenvalue weighted by atomic mass is 32.1. The van der Waals surface area contributed by atoms with Crippen molar-refractivity contribution in [2.75, 3.05) is 0 Å². The minimum absolute atomic E-state index is 0.227. The molecule has 0 saturated heterocycles. The van der Waals surface area contributed by atoms with Gasteiger partial charge in [0.25, 0.3) is 0 Å². The normalized spacial score (nSPS) is 11.8. The molecule has 2 rings (SSSR count). The minimum Gasteiger partial charge on any atom is -0.292 e. The number of carbonyl (C=O) groups excluding carboxylic acids is 1. The number of thiophene rings is 1. The van der Waals surface area contributed by atoms with Crippen LogP contribution < -0.4 is 0 Å². The van der Waals surface area contributed by atoms with Gasteiger partial charge in [-0.05, 0) is 23.6 Å².